The summed E-state index contributed by atoms with van der Waals surface area (Å²) < 4.78 is 11.8. The highest BCUT2D eigenvalue weighted by Gasteiger charge is 2.20. The van der Waals surface area contributed by atoms with Gasteiger partial charge in [-0.1, -0.05) is 11.6 Å². The van der Waals surface area contributed by atoms with Crippen LogP contribution in [0.2, 0.25) is 5.02 Å². The number of anilines is 1. The van der Waals surface area contributed by atoms with E-state index in [1.54, 1.807) is 12.1 Å². The molecule has 2 aromatic rings. The molecule has 9 heteroatoms. The van der Waals surface area contributed by atoms with Crippen LogP contribution in [-0.4, -0.2) is 28.3 Å². The molecule has 8 nitrogen and oxygen atoms in total. The Hall–Kier alpha value is -3.20. The van der Waals surface area contributed by atoms with E-state index in [1.807, 2.05) is 12.1 Å². The van der Waals surface area contributed by atoms with Gasteiger partial charge in [-0.25, -0.2) is 4.68 Å². The highest BCUT2D eigenvalue weighted by atomic mass is 35.5. The van der Waals surface area contributed by atoms with Gasteiger partial charge in [0.1, 0.15) is 29.2 Å². The number of nitrogens with zero attached hydrogens (tertiary/aromatic N) is 4. The lowest BCUT2D eigenvalue weighted by atomic mass is 10.1. The first-order valence-corrected chi connectivity index (χ1v) is 7.55. The second kappa shape index (κ2) is 6.73. The second-order valence-corrected chi connectivity index (χ2v) is 5.47. The van der Waals surface area contributed by atoms with Gasteiger partial charge in [0, 0.05) is 6.07 Å². The van der Waals surface area contributed by atoms with Gasteiger partial charge in [0.25, 0.3) is 0 Å². The Bertz CT molecular complexity index is 952. The smallest absolute Gasteiger partial charge is 0.231 e. The van der Waals surface area contributed by atoms with Crippen molar-refractivity contribution in [1.82, 2.24) is 9.78 Å². The van der Waals surface area contributed by atoms with Gasteiger partial charge in [-0.2, -0.15) is 15.6 Å². The van der Waals surface area contributed by atoms with Gasteiger partial charge in [0.05, 0.1) is 23.7 Å². The summed E-state index contributed by atoms with van der Waals surface area (Å²) in [5.41, 5.74) is 6.68. The zero-order valence-electron chi connectivity index (χ0n) is 12.9. The summed E-state index contributed by atoms with van der Waals surface area (Å²) in [6.07, 6.45) is 1.50. The van der Waals surface area contributed by atoms with E-state index >= 15 is 0 Å². The number of benzene rings is 1. The minimum absolute atomic E-state index is 0.0677. The Labute approximate surface area is 147 Å². The van der Waals surface area contributed by atoms with Crippen molar-refractivity contribution >= 4 is 29.1 Å². The van der Waals surface area contributed by atoms with Crippen LogP contribution in [0.4, 0.5) is 5.82 Å². The number of hydrogen-bond acceptors (Lipinski definition) is 7. The number of ether oxygens (including phenoxy) is 2. The number of hydrogen-bond donors (Lipinski definition) is 2. The molecule has 0 radical (unpaired) electrons. The fourth-order valence-corrected chi connectivity index (χ4v) is 2.60. The monoisotopic (exact) mass is 357 g/mol. The van der Waals surface area contributed by atoms with E-state index in [4.69, 9.17) is 31.9 Å². The van der Waals surface area contributed by atoms with Crippen molar-refractivity contribution in [3.05, 3.63) is 34.0 Å². The van der Waals surface area contributed by atoms with E-state index in [2.05, 4.69) is 5.10 Å². The Kier molecular flexibility index (Phi) is 4.48. The number of fused-ring (bicyclic) bond motifs is 1. The van der Waals surface area contributed by atoms with Gasteiger partial charge in [-0.3, -0.25) is 0 Å². The van der Waals surface area contributed by atoms with Crippen LogP contribution in [0.15, 0.2) is 12.1 Å². The molecule has 1 aliphatic rings. The molecule has 0 saturated carbocycles. The zero-order chi connectivity index (χ0) is 18.0. The molecule has 0 fully saturated rings. The molecule has 0 amide bonds. The van der Waals surface area contributed by atoms with Crippen molar-refractivity contribution in [3.63, 3.8) is 0 Å². The predicted octanol–water partition coefficient (Wildman–Crippen LogP) is 1.78. The number of nitrogen functional groups attached to an aromatic ring is 1. The normalized spacial score (nSPS) is 12.7. The van der Waals surface area contributed by atoms with E-state index in [1.165, 1.54) is 10.8 Å². The lowest BCUT2D eigenvalue weighted by Crippen LogP contribution is -2.07. The molecular formula is C16H12ClN5O3. The lowest BCUT2D eigenvalue weighted by molar-refractivity contribution is 0.174. The number of nitriles is 2. The van der Waals surface area contributed by atoms with Crippen LogP contribution in [-0.2, 0) is 6.54 Å². The van der Waals surface area contributed by atoms with E-state index in [0.717, 1.165) is 0 Å². The molecule has 2 heterocycles. The van der Waals surface area contributed by atoms with Gasteiger partial charge in [-0.05, 0) is 17.7 Å². The quantitative estimate of drug-likeness (QED) is 0.797. The number of rotatable bonds is 4. The van der Waals surface area contributed by atoms with Crippen LogP contribution in [0.25, 0.3) is 11.6 Å². The molecule has 1 aromatic carbocycles. The summed E-state index contributed by atoms with van der Waals surface area (Å²) in [4.78, 5) is 0. The molecule has 3 N–H and O–H groups in total. The molecule has 0 spiro atoms. The maximum absolute atomic E-state index is 9.51. The summed E-state index contributed by atoms with van der Waals surface area (Å²) in [5.74, 6) is 1.12. The fourth-order valence-electron chi connectivity index (χ4n) is 2.39. The molecular weight excluding hydrogens is 346 g/mol. The van der Waals surface area contributed by atoms with E-state index < -0.39 is 0 Å². The van der Waals surface area contributed by atoms with Crippen LogP contribution < -0.4 is 15.2 Å². The van der Waals surface area contributed by atoms with Crippen molar-refractivity contribution < 1.29 is 14.6 Å². The molecule has 0 saturated heterocycles. The maximum atomic E-state index is 9.51. The van der Waals surface area contributed by atoms with Crippen molar-refractivity contribution in [3.8, 4) is 23.6 Å². The van der Waals surface area contributed by atoms with Crippen LogP contribution >= 0.6 is 11.6 Å². The molecule has 126 valence electrons. The summed E-state index contributed by atoms with van der Waals surface area (Å²) in [5, 5.41) is 32.4. The maximum Gasteiger partial charge on any atom is 0.231 e. The first-order chi connectivity index (χ1) is 12.1. The minimum Gasteiger partial charge on any atom is -0.454 e. The summed E-state index contributed by atoms with van der Waals surface area (Å²) >= 11 is 6.22. The van der Waals surface area contributed by atoms with Gasteiger partial charge in [-0.15, -0.1) is 0 Å². The topological polar surface area (TPSA) is 130 Å². The first kappa shape index (κ1) is 16.7. The number of halogens is 1. The van der Waals surface area contributed by atoms with Crippen LogP contribution in [0.1, 0.15) is 16.8 Å². The zero-order valence-corrected chi connectivity index (χ0v) is 13.6. The fraction of sp³-hybridized carbons (Fsp3) is 0.188. The first-order valence-electron chi connectivity index (χ1n) is 7.17. The van der Waals surface area contributed by atoms with Crippen molar-refractivity contribution in [2.75, 3.05) is 19.1 Å². The minimum atomic E-state index is -0.199. The van der Waals surface area contributed by atoms with E-state index in [9.17, 15) is 10.5 Å². The van der Waals surface area contributed by atoms with Crippen molar-refractivity contribution in [2.24, 2.45) is 0 Å². The third kappa shape index (κ3) is 2.96. The number of nitrogens with two attached hydrogens (primary N) is 1. The number of aromatic nitrogens is 2. The summed E-state index contributed by atoms with van der Waals surface area (Å²) in [7, 11) is 0. The molecule has 1 aromatic heterocycles. The van der Waals surface area contributed by atoms with Crippen molar-refractivity contribution in [1.29, 1.82) is 10.5 Å². The standard InChI is InChI=1S/C16H12ClN5O3/c17-12-5-14-13(24-8-25-14)4-9(12)3-10(6-18)15-11(7-19)16(20)22(21-15)1-2-23/h3-5,23H,1-2,8,20H2/b10-3+. The van der Waals surface area contributed by atoms with E-state index in [-0.39, 0.29) is 42.6 Å². The van der Waals surface area contributed by atoms with Gasteiger partial charge >= 0.3 is 0 Å². The highest BCUT2D eigenvalue weighted by molar-refractivity contribution is 6.32. The van der Waals surface area contributed by atoms with Crippen LogP contribution in [0.5, 0.6) is 11.5 Å². The molecule has 0 unspecified atom stereocenters. The van der Waals surface area contributed by atoms with E-state index in [0.29, 0.717) is 22.1 Å². The number of allylic oxidation sites excluding steroid dienone is 1. The Balaban J connectivity index is 2.10. The molecule has 0 aliphatic carbocycles. The second-order valence-electron chi connectivity index (χ2n) is 5.06. The lowest BCUT2D eigenvalue weighted by Gasteiger charge is -2.03. The highest BCUT2D eigenvalue weighted by Crippen LogP contribution is 2.38. The third-order valence-electron chi connectivity index (χ3n) is 3.58. The summed E-state index contributed by atoms with van der Waals surface area (Å²) in [6, 6.07) is 7.18. The van der Waals surface area contributed by atoms with Crippen LogP contribution in [0, 0.1) is 22.7 Å². The Morgan fingerprint density at radius 3 is 2.76 bits per heavy atom. The average molecular weight is 358 g/mol. The SMILES string of the molecule is N#C/C(=C\c1cc2c(cc1Cl)OCO2)c1nn(CCO)c(N)c1C#N. The molecule has 1 aliphatic heterocycles. The number of aliphatic hydroxyl groups is 1. The average Bonchev–Trinajstić information content (AvgIpc) is 3.17. The van der Waals surface area contributed by atoms with Crippen molar-refractivity contribution in [2.45, 2.75) is 6.54 Å². The third-order valence-corrected chi connectivity index (χ3v) is 3.91. The Morgan fingerprint density at radius 1 is 1.40 bits per heavy atom. The Morgan fingerprint density at radius 2 is 2.12 bits per heavy atom. The van der Waals surface area contributed by atoms with Gasteiger partial charge in [0.15, 0.2) is 11.5 Å². The summed E-state index contributed by atoms with van der Waals surface area (Å²) in [6.45, 7) is 0.0183. The largest absolute Gasteiger partial charge is 0.454 e. The molecule has 0 atom stereocenters. The molecule has 25 heavy (non-hydrogen) atoms. The van der Waals surface area contributed by atoms with Gasteiger partial charge in [0.2, 0.25) is 6.79 Å². The van der Waals surface area contributed by atoms with Gasteiger partial charge < -0.3 is 20.3 Å². The molecule has 0 bridgehead atoms. The predicted molar refractivity (Wildman–Crippen MR) is 89.5 cm³/mol. The number of aliphatic hydroxyl groups excluding tert-OH is 1. The van der Waals surface area contributed by atoms with Crippen LogP contribution in [0.3, 0.4) is 0 Å². The molecule has 3 rings (SSSR count).